The molecule has 4 nitrogen and oxygen atoms in total. The van der Waals surface area contributed by atoms with E-state index in [9.17, 15) is 9.59 Å². The first-order chi connectivity index (χ1) is 10.0. The van der Waals surface area contributed by atoms with Gasteiger partial charge in [-0.15, -0.1) is 0 Å². The smallest absolute Gasteiger partial charge is 0.239 e. The van der Waals surface area contributed by atoms with Crippen molar-refractivity contribution in [3.05, 3.63) is 0 Å². The third kappa shape index (κ3) is 6.92. The molecular formula is C19H38N2O2. The average molecular weight is 327 g/mol. The van der Waals surface area contributed by atoms with Crippen LogP contribution in [0.4, 0.5) is 0 Å². The number of amides is 2. The minimum atomic E-state index is -0.517. The molecule has 2 N–H and O–H groups in total. The van der Waals surface area contributed by atoms with Crippen molar-refractivity contribution in [2.45, 2.75) is 87.6 Å². The third-order valence-electron chi connectivity index (χ3n) is 5.30. The van der Waals surface area contributed by atoms with E-state index in [1.807, 2.05) is 34.6 Å². The lowest BCUT2D eigenvalue weighted by atomic mass is 9.62. The van der Waals surface area contributed by atoms with Gasteiger partial charge in [-0.2, -0.15) is 0 Å². The standard InChI is InChI=1S/C19H38N2O2/c1-11-19(9,10)21-14(22)12-20-15(23)17(5,6)13-18(7,8)16(2,3)4/h11-13H2,1-10H3,(H,20,23)(H,21,22). The lowest BCUT2D eigenvalue weighted by molar-refractivity contribution is -0.134. The lowest BCUT2D eigenvalue weighted by Crippen LogP contribution is -2.49. The maximum absolute atomic E-state index is 12.5. The second kappa shape index (κ2) is 7.23. The Morgan fingerprint density at radius 2 is 1.35 bits per heavy atom. The number of hydrogen-bond donors (Lipinski definition) is 2. The zero-order valence-corrected chi connectivity index (χ0v) is 16.9. The first-order valence-corrected chi connectivity index (χ1v) is 8.63. The second-order valence-corrected chi connectivity index (χ2v) is 9.66. The summed E-state index contributed by atoms with van der Waals surface area (Å²) < 4.78 is 0. The topological polar surface area (TPSA) is 58.2 Å². The van der Waals surface area contributed by atoms with Gasteiger partial charge in [0.15, 0.2) is 0 Å². The predicted octanol–water partition coefficient (Wildman–Crippen LogP) is 3.90. The molecule has 0 aliphatic carbocycles. The number of hydrogen-bond acceptors (Lipinski definition) is 2. The third-order valence-corrected chi connectivity index (χ3v) is 5.30. The molecule has 0 aromatic heterocycles. The Kier molecular flexibility index (Phi) is 6.89. The van der Waals surface area contributed by atoms with E-state index < -0.39 is 5.41 Å². The van der Waals surface area contributed by atoms with Gasteiger partial charge in [-0.1, -0.05) is 55.4 Å². The van der Waals surface area contributed by atoms with Crippen LogP contribution in [0, 0.1) is 16.2 Å². The highest BCUT2D eigenvalue weighted by Gasteiger charge is 2.41. The Hall–Kier alpha value is -1.06. The molecule has 0 unspecified atom stereocenters. The molecule has 0 rings (SSSR count). The van der Waals surface area contributed by atoms with Crippen LogP contribution >= 0.6 is 0 Å². The quantitative estimate of drug-likeness (QED) is 0.745. The molecule has 0 saturated heterocycles. The fraction of sp³-hybridized carbons (Fsp3) is 0.895. The van der Waals surface area contributed by atoms with Crippen LogP contribution in [0.5, 0.6) is 0 Å². The summed E-state index contributed by atoms with van der Waals surface area (Å²) in [6, 6.07) is 0. The molecule has 0 radical (unpaired) electrons. The van der Waals surface area contributed by atoms with E-state index in [0.717, 1.165) is 12.8 Å². The summed E-state index contributed by atoms with van der Waals surface area (Å²) in [7, 11) is 0. The molecule has 0 spiro atoms. The number of carbonyl (C=O) groups excluding carboxylic acids is 2. The first kappa shape index (κ1) is 21.9. The van der Waals surface area contributed by atoms with E-state index in [-0.39, 0.29) is 34.7 Å². The van der Waals surface area contributed by atoms with Crippen molar-refractivity contribution in [2.24, 2.45) is 16.2 Å². The van der Waals surface area contributed by atoms with Crippen LogP contribution in [0.1, 0.15) is 82.1 Å². The first-order valence-electron chi connectivity index (χ1n) is 8.63. The van der Waals surface area contributed by atoms with Crippen LogP contribution in [0.25, 0.3) is 0 Å². The molecule has 0 saturated carbocycles. The van der Waals surface area contributed by atoms with Crippen LogP contribution in [-0.2, 0) is 9.59 Å². The molecule has 136 valence electrons. The Labute approximate surface area is 143 Å². The van der Waals surface area contributed by atoms with E-state index in [2.05, 4.69) is 45.3 Å². The van der Waals surface area contributed by atoms with Gasteiger partial charge in [0, 0.05) is 11.0 Å². The molecule has 23 heavy (non-hydrogen) atoms. The van der Waals surface area contributed by atoms with E-state index in [1.165, 1.54) is 0 Å². The molecule has 0 bridgehead atoms. The van der Waals surface area contributed by atoms with E-state index in [0.29, 0.717) is 0 Å². The van der Waals surface area contributed by atoms with Gasteiger partial charge in [0.25, 0.3) is 0 Å². The summed E-state index contributed by atoms with van der Waals surface area (Å²) >= 11 is 0. The van der Waals surface area contributed by atoms with Gasteiger partial charge >= 0.3 is 0 Å². The molecule has 2 amide bonds. The van der Waals surface area contributed by atoms with E-state index >= 15 is 0 Å². The zero-order valence-electron chi connectivity index (χ0n) is 16.9. The monoisotopic (exact) mass is 326 g/mol. The van der Waals surface area contributed by atoms with Crippen molar-refractivity contribution in [1.82, 2.24) is 10.6 Å². The Morgan fingerprint density at radius 1 is 0.870 bits per heavy atom. The normalized spacial score (nSPS) is 13.7. The molecule has 0 fully saturated rings. The van der Waals surface area contributed by atoms with Crippen molar-refractivity contribution >= 4 is 11.8 Å². The van der Waals surface area contributed by atoms with Crippen LogP contribution in [0.2, 0.25) is 0 Å². The van der Waals surface area contributed by atoms with Gasteiger partial charge in [-0.3, -0.25) is 9.59 Å². The maximum Gasteiger partial charge on any atom is 0.239 e. The van der Waals surface area contributed by atoms with Crippen LogP contribution in [0.3, 0.4) is 0 Å². The van der Waals surface area contributed by atoms with Gasteiger partial charge in [0.05, 0.1) is 6.54 Å². The number of nitrogens with one attached hydrogen (secondary N) is 2. The summed E-state index contributed by atoms with van der Waals surface area (Å²) in [5.41, 5.74) is -0.643. The summed E-state index contributed by atoms with van der Waals surface area (Å²) in [6.07, 6.45) is 1.61. The molecule has 4 heteroatoms. The van der Waals surface area contributed by atoms with Crippen LogP contribution in [0.15, 0.2) is 0 Å². The van der Waals surface area contributed by atoms with E-state index in [4.69, 9.17) is 0 Å². The summed E-state index contributed by atoms with van der Waals surface area (Å²) in [5.74, 6) is -0.213. The van der Waals surface area contributed by atoms with Crippen molar-refractivity contribution in [3.63, 3.8) is 0 Å². The van der Waals surface area contributed by atoms with E-state index in [1.54, 1.807) is 0 Å². The number of carbonyl (C=O) groups is 2. The fourth-order valence-corrected chi connectivity index (χ4v) is 2.36. The van der Waals surface area contributed by atoms with Gasteiger partial charge in [-0.25, -0.2) is 0 Å². The minimum Gasteiger partial charge on any atom is -0.350 e. The molecule has 0 aliphatic rings. The second-order valence-electron chi connectivity index (χ2n) is 9.66. The summed E-state index contributed by atoms with van der Waals surface area (Å²) in [5, 5.41) is 5.72. The Morgan fingerprint density at radius 3 is 1.74 bits per heavy atom. The SMILES string of the molecule is CCC(C)(C)NC(=O)CNC(=O)C(C)(C)CC(C)(C)C(C)(C)C. The van der Waals surface area contributed by atoms with Crippen LogP contribution in [-0.4, -0.2) is 23.9 Å². The summed E-state index contributed by atoms with van der Waals surface area (Å²) in [6.45, 7) is 20.9. The maximum atomic E-state index is 12.5. The highest BCUT2D eigenvalue weighted by molar-refractivity contribution is 5.87. The zero-order chi connectivity index (χ0) is 18.7. The van der Waals surface area contributed by atoms with Crippen molar-refractivity contribution < 1.29 is 9.59 Å². The highest BCUT2D eigenvalue weighted by atomic mass is 16.2. The highest BCUT2D eigenvalue weighted by Crippen LogP contribution is 2.46. The molecule has 0 aromatic rings. The Bertz CT molecular complexity index is 429. The van der Waals surface area contributed by atoms with Crippen molar-refractivity contribution in [1.29, 1.82) is 0 Å². The number of rotatable bonds is 7. The predicted molar refractivity (Wildman–Crippen MR) is 97.2 cm³/mol. The summed E-state index contributed by atoms with van der Waals surface area (Å²) in [4.78, 5) is 24.5. The van der Waals surface area contributed by atoms with Crippen molar-refractivity contribution in [2.75, 3.05) is 6.54 Å². The molecular weight excluding hydrogens is 288 g/mol. The van der Waals surface area contributed by atoms with Crippen molar-refractivity contribution in [3.8, 4) is 0 Å². The molecule has 0 atom stereocenters. The largest absolute Gasteiger partial charge is 0.350 e. The lowest BCUT2D eigenvalue weighted by Gasteiger charge is -2.43. The molecule has 0 aromatic carbocycles. The Balaban J connectivity index is 4.69. The molecule has 0 aliphatic heterocycles. The van der Waals surface area contributed by atoms with Gasteiger partial charge in [0.1, 0.15) is 0 Å². The fourth-order valence-electron chi connectivity index (χ4n) is 2.36. The van der Waals surface area contributed by atoms with Crippen LogP contribution < -0.4 is 10.6 Å². The van der Waals surface area contributed by atoms with Gasteiger partial charge in [0.2, 0.25) is 11.8 Å². The average Bonchev–Trinajstić information content (AvgIpc) is 2.32. The van der Waals surface area contributed by atoms with Gasteiger partial charge in [-0.05, 0) is 37.5 Å². The minimum absolute atomic E-state index is 0.0142. The van der Waals surface area contributed by atoms with Gasteiger partial charge < -0.3 is 10.6 Å². The molecule has 0 heterocycles.